The van der Waals surface area contributed by atoms with E-state index in [4.69, 9.17) is 5.11 Å². The van der Waals surface area contributed by atoms with E-state index in [1.165, 1.54) is 24.3 Å². The van der Waals surface area contributed by atoms with Crippen molar-refractivity contribution in [2.45, 2.75) is 17.4 Å². The molecule has 0 bridgehead atoms. The van der Waals surface area contributed by atoms with E-state index in [-0.39, 0.29) is 23.8 Å². The summed E-state index contributed by atoms with van der Waals surface area (Å²) in [4.78, 5) is 21.5. The first kappa shape index (κ1) is 15.2. The van der Waals surface area contributed by atoms with Crippen LogP contribution in [0.5, 0.6) is 0 Å². The minimum Gasteiger partial charge on any atom is -0.478 e. The Labute approximate surface area is 121 Å². The number of carbonyl (C=O) groups excluding carboxylic acids is 1. The quantitative estimate of drug-likeness (QED) is 0.660. The molecule has 7 nitrogen and oxygen atoms in total. The smallest absolute Gasteiger partial charge is 0.328 e. The average Bonchev–Trinajstić information content (AvgIpc) is 2.81. The van der Waals surface area contributed by atoms with Crippen LogP contribution in [0, 0.1) is 0 Å². The third kappa shape index (κ3) is 4.14. The molecule has 1 fully saturated rings. The van der Waals surface area contributed by atoms with Crippen molar-refractivity contribution in [2.24, 2.45) is 0 Å². The molecule has 0 saturated carbocycles. The van der Waals surface area contributed by atoms with Gasteiger partial charge in [-0.15, -0.1) is 0 Å². The summed E-state index contributed by atoms with van der Waals surface area (Å²) >= 11 is 0. The van der Waals surface area contributed by atoms with Crippen LogP contribution in [-0.4, -0.2) is 38.0 Å². The molecular weight excluding hydrogens is 296 g/mol. The molecule has 1 heterocycles. The van der Waals surface area contributed by atoms with Crippen LogP contribution in [0.3, 0.4) is 0 Å². The Morgan fingerprint density at radius 1 is 1.43 bits per heavy atom. The summed E-state index contributed by atoms with van der Waals surface area (Å²) in [5.74, 6) is -1.31. The van der Waals surface area contributed by atoms with Gasteiger partial charge < -0.3 is 10.4 Å². The fraction of sp³-hybridized carbons (Fsp3) is 0.231. The zero-order valence-electron chi connectivity index (χ0n) is 10.9. The predicted octanol–water partition coefficient (Wildman–Crippen LogP) is -0.0488. The normalized spacial score (nSPS) is 18.9. The largest absolute Gasteiger partial charge is 0.478 e. The van der Waals surface area contributed by atoms with Crippen LogP contribution in [0.15, 0.2) is 35.2 Å². The van der Waals surface area contributed by atoms with Gasteiger partial charge in [0.2, 0.25) is 15.9 Å². The molecule has 1 amide bonds. The monoisotopic (exact) mass is 310 g/mol. The number of carboxylic acid groups (broad SMARTS) is 1. The average molecular weight is 310 g/mol. The predicted molar refractivity (Wildman–Crippen MR) is 74.8 cm³/mol. The van der Waals surface area contributed by atoms with E-state index in [0.29, 0.717) is 5.56 Å². The molecule has 1 atom stereocenters. The van der Waals surface area contributed by atoms with Gasteiger partial charge in [-0.2, -0.15) is 0 Å². The second-order valence-corrected chi connectivity index (χ2v) is 6.28. The molecule has 1 aromatic rings. The molecule has 1 aromatic carbocycles. The van der Waals surface area contributed by atoms with Gasteiger partial charge in [0.05, 0.1) is 4.90 Å². The Morgan fingerprint density at radius 2 is 2.19 bits per heavy atom. The first-order chi connectivity index (χ1) is 9.87. The van der Waals surface area contributed by atoms with Crippen molar-refractivity contribution in [3.05, 3.63) is 35.9 Å². The number of rotatable bonds is 5. The molecule has 1 saturated heterocycles. The maximum Gasteiger partial charge on any atom is 0.328 e. The fourth-order valence-electron chi connectivity index (χ4n) is 1.93. The lowest BCUT2D eigenvalue weighted by molar-refractivity contribution is -0.131. The number of hydrogen-bond acceptors (Lipinski definition) is 4. The SMILES string of the molecule is O=C(O)/C=C/c1cccc(S(=O)(=O)NC2CNC(=O)C2)c1. The molecule has 0 aliphatic carbocycles. The van der Waals surface area contributed by atoms with Crippen molar-refractivity contribution >= 4 is 28.0 Å². The minimum atomic E-state index is -3.75. The molecule has 0 aromatic heterocycles. The maximum atomic E-state index is 12.2. The number of carboxylic acids is 1. The van der Waals surface area contributed by atoms with Crippen molar-refractivity contribution in [2.75, 3.05) is 6.54 Å². The molecule has 2 rings (SSSR count). The second kappa shape index (κ2) is 6.06. The molecule has 0 radical (unpaired) electrons. The highest BCUT2D eigenvalue weighted by atomic mass is 32.2. The summed E-state index contributed by atoms with van der Waals surface area (Å²) in [5.41, 5.74) is 0.459. The highest BCUT2D eigenvalue weighted by Gasteiger charge is 2.26. The molecule has 1 aliphatic rings. The van der Waals surface area contributed by atoms with Crippen molar-refractivity contribution in [3.8, 4) is 0 Å². The van der Waals surface area contributed by atoms with Crippen LogP contribution in [0.4, 0.5) is 0 Å². The number of nitrogens with one attached hydrogen (secondary N) is 2. The third-order valence-corrected chi connectivity index (χ3v) is 4.40. The van der Waals surface area contributed by atoms with Gasteiger partial charge in [-0.05, 0) is 23.8 Å². The van der Waals surface area contributed by atoms with Crippen LogP contribution in [0.2, 0.25) is 0 Å². The third-order valence-electron chi connectivity index (χ3n) is 2.89. The van der Waals surface area contributed by atoms with E-state index in [9.17, 15) is 18.0 Å². The Bertz CT molecular complexity index is 696. The summed E-state index contributed by atoms with van der Waals surface area (Å²) < 4.78 is 26.8. The molecule has 3 N–H and O–H groups in total. The molecule has 112 valence electrons. The Morgan fingerprint density at radius 3 is 2.81 bits per heavy atom. The Balaban J connectivity index is 2.18. The highest BCUT2D eigenvalue weighted by molar-refractivity contribution is 7.89. The standard InChI is InChI=1S/C13H14N2O5S/c16-12-7-10(8-14-12)15-21(19,20)11-3-1-2-9(6-11)4-5-13(17)18/h1-6,10,15H,7-8H2,(H,14,16)(H,17,18)/b5-4+. The summed E-state index contributed by atoms with van der Waals surface area (Å²) in [6, 6.07) is 5.42. The first-order valence-corrected chi connectivity index (χ1v) is 7.65. The van der Waals surface area contributed by atoms with Crippen LogP contribution >= 0.6 is 0 Å². The lowest BCUT2D eigenvalue weighted by Crippen LogP contribution is -2.36. The van der Waals surface area contributed by atoms with Crippen molar-refractivity contribution in [3.63, 3.8) is 0 Å². The first-order valence-electron chi connectivity index (χ1n) is 6.17. The van der Waals surface area contributed by atoms with Crippen molar-refractivity contribution in [1.29, 1.82) is 0 Å². The number of sulfonamides is 1. The fourth-order valence-corrected chi connectivity index (χ4v) is 3.22. The highest BCUT2D eigenvalue weighted by Crippen LogP contribution is 2.14. The van der Waals surface area contributed by atoms with Gasteiger partial charge in [-0.1, -0.05) is 12.1 Å². The zero-order valence-corrected chi connectivity index (χ0v) is 11.8. The van der Waals surface area contributed by atoms with Gasteiger partial charge in [-0.25, -0.2) is 17.9 Å². The minimum absolute atomic E-state index is 0.0226. The molecular formula is C13H14N2O5S. The second-order valence-electron chi connectivity index (χ2n) is 4.57. The van der Waals surface area contributed by atoms with Gasteiger partial charge in [0.25, 0.3) is 0 Å². The van der Waals surface area contributed by atoms with E-state index in [1.807, 2.05) is 0 Å². The van der Waals surface area contributed by atoms with Crippen LogP contribution in [-0.2, 0) is 19.6 Å². The molecule has 1 unspecified atom stereocenters. The van der Waals surface area contributed by atoms with Crippen LogP contribution < -0.4 is 10.0 Å². The number of benzene rings is 1. The summed E-state index contributed by atoms with van der Waals surface area (Å²) in [6.45, 7) is 0.261. The van der Waals surface area contributed by atoms with E-state index in [2.05, 4.69) is 10.0 Å². The van der Waals surface area contributed by atoms with Gasteiger partial charge >= 0.3 is 5.97 Å². The van der Waals surface area contributed by atoms with Crippen LogP contribution in [0.1, 0.15) is 12.0 Å². The van der Waals surface area contributed by atoms with Crippen LogP contribution in [0.25, 0.3) is 6.08 Å². The molecule has 0 spiro atoms. The summed E-state index contributed by atoms with van der Waals surface area (Å²) in [5, 5.41) is 11.1. The number of aliphatic carboxylic acids is 1. The van der Waals surface area contributed by atoms with E-state index < -0.39 is 22.0 Å². The lowest BCUT2D eigenvalue weighted by atomic mass is 10.2. The van der Waals surface area contributed by atoms with Gasteiger partial charge in [-0.3, -0.25) is 4.79 Å². The zero-order chi connectivity index (χ0) is 15.5. The Hall–Kier alpha value is -2.19. The van der Waals surface area contributed by atoms with Gasteiger partial charge in [0.15, 0.2) is 0 Å². The topological polar surface area (TPSA) is 113 Å². The summed E-state index contributed by atoms with van der Waals surface area (Å²) in [7, 11) is -3.75. The number of carbonyl (C=O) groups is 2. The lowest BCUT2D eigenvalue weighted by Gasteiger charge is -2.11. The number of hydrogen-bond donors (Lipinski definition) is 3. The Kier molecular flexibility index (Phi) is 4.39. The molecule has 1 aliphatic heterocycles. The van der Waals surface area contributed by atoms with Gasteiger partial charge in [0, 0.05) is 25.1 Å². The van der Waals surface area contributed by atoms with E-state index in [1.54, 1.807) is 6.07 Å². The number of amides is 1. The molecule has 8 heteroatoms. The van der Waals surface area contributed by atoms with E-state index >= 15 is 0 Å². The van der Waals surface area contributed by atoms with Crippen molar-refractivity contribution in [1.82, 2.24) is 10.0 Å². The maximum absolute atomic E-state index is 12.2. The van der Waals surface area contributed by atoms with Crippen molar-refractivity contribution < 1.29 is 23.1 Å². The van der Waals surface area contributed by atoms with Gasteiger partial charge in [0.1, 0.15) is 0 Å². The summed E-state index contributed by atoms with van der Waals surface area (Å²) in [6.07, 6.45) is 2.35. The van der Waals surface area contributed by atoms with E-state index in [0.717, 1.165) is 6.08 Å². The molecule has 21 heavy (non-hydrogen) atoms.